The first-order valence-electron chi connectivity index (χ1n) is 9.30. The molecule has 0 unspecified atom stereocenters. The van der Waals surface area contributed by atoms with E-state index in [-0.39, 0.29) is 5.97 Å². The largest absolute Gasteiger partial charge is 0.423 e. The Balaban J connectivity index is 1.75. The zero-order valence-corrected chi connectivity index (χ0v) is 15.5. The molecule has 0 atom stereocenters. The molecule has 0 saturated carbocycles. The summed E-state index contributed by atoms with van der Waals surface area (Å²) in [6.07, 6.45) is 3.56. The van der Waals surface area contributed by atoms with E-state index >= 15 is 0 Å². The molecule has 4 rings (SSSR count). The Labute approximate surface area is 157 Å². The van der Waals surface area contributed by atoms with Crippen molar-refractivity contribution >= 4 is 29.3 Å². The van der Waals surface area contributed by atoms with Crippen molar-refractivity contribution in [3.8, 4) is 11.5 Å². The quantitative estimate of drug-likeness (QED) is 0.581. The number of carbonyl (C=O) groups excluding carboxylic acids is 2. The first-order valence-corrected chi connectivity index (χ1v) is 9.30. The molecule has 138 valence electrons. The molecule has 0 saturated heterocycles. The van der Waals surface area contributed by atoms with Crippen molar-refractivity contribution in [3.05, 3.63) is 52.4 Å². The Kier molecular flexibility index (Phi) is 4.44. The SMILES string of the molecule is CCCN(CCC)c1ccc(C2=c3cc4c(cc3OC2=O)=CC(=O)O4)cc1. The predicted octanol–water partition coefficient (Wildman–Crippen LogP) is 2.13. The standard InChI is InChI=1S/C22H21NO4/c1-3-9-23(10-4-2)16-7-5-14(6-8-16)21-17-13-18-15(12-20(24)26-18)11-19(17)27-22(21)25/h5-8,11-13H,3-4,9-10H2,1-2H3. The molecule has 0 N–H and O–H groups in total. The maximum Gasteiger partial charge on any atom is 0.344 e. The van der Waals surface area contributed by atoms with E-state index in [1.165, 1.54) is 6.08 Å². The minimum Gasteiger partial charge on any atom is -0.423 e. The molecule has 2 aromatic carbocycles. The summed E-state index contributed by atoms with van der Waals surface area (Å²) in [7, 11) is 0. The van der Waals surface area contributed by atoms with Crippen LogP contribution in [0.25, 0.3) is 11.6 Å². The van der Waals surface area contributed by atoms with E-state index in [4.69, 9.17) is 9.47 Å². The van der Waals surface area contributed by atoms with Crippen molar-refractivity contribution in [2.45, 2.75) is 26.7 Å². The van der Waals surface area contributed by atoms with Crippen LogP contribution in [0.1, 0.15) is 32.3 Å². The van der Waals surface area contributed by atoms with Gasteiger partial charge in [0.25, 0.3) is 0 Å². The Morgan fingerprint density at radius 1 is 0.889 bits per heavy atom. The van der Waals surface area contributed by atoms with E-state index in [1.807, 2.05) is 24.3 Å². The normalized spacial score (nSPS) is 14.4. The zero-order chi connectivity index (χ0) is 19.0. The third-order valence-electron chi connectivity index (χ3n) is 4.78. The van der Waals surface area contributed by atoms with Crippen LogP contribution in [0.5, 0.6) is 11.5 Å². The van der Waals surface area contributed by atoms with Gasteiger partial charge in [-0.25, -0.2) is 9.59 Å². The number of nitrogens with zero attached hydrogens (tertiary/aromatic N) is 1. The molecule has 0 spiro atoms. The molecular weight excluding hydrogens is 342 g/mol. The Bertz CT molecular complexity index is 1030. The third-order valence-corrected chi connectivity index (χ3v) is 4.78. The number of benzene rings is 2. The van der Waals surface area contributed by atoms with Gasteiger partial charge in [-0.15, -0.1) is 0 Å². The first kappa shape index (κ1) is 17.3. The van der Waals surface area contributed by atoms with Crippen molar-refractivity contribution in [1.82, 2.24) is 0 Å². The average molecular weight is 363 g/mol. The Morgan fingerprint density at radius 3 is 2.26 bits per heavy atom. The number of hydrogen-bond acceptors (Lipinski definition) is 5. The van der Waals surface area contributed by atoms with Crippen molar-refractivity contribution < 1.29 is 19.1 Å². The molecule has 0 aromatic heterocycles. The fraction of sp³-hybridized carbons (Fsp3) is 0.273. The number of rotatable bonds is 6. The van der Waals surface area contributed by atoms with Crippen molar-refractivity contribution in [2.24, 2.45) is 0 Å². The number of ether oxygens (including phenoxy) is 2. The van der Waals surface area contributed by atoms with Crippen molar-refractivity contribution in [2.75, 3.05) is 18.0 Å². The molecule has 5 nitrogen and oxygen atoms in total. The highest BCUT2D eigenvalue weighted by atomic mass is 16.5. The Hall–Kier alpha value is -3.08. The maximum atomic E-state index is 12.5. The van der Waals surface area contributed by atoms with Gasteiger partial charge in [-0.2, -0.15) is 0 Å². The second-order valence-corrected chi connectivity index (χ2v) is 6.75. The number of anilines is 1. The lowest BCUT2D eigenvalue weighted by Crippen LogP contribution is -2.24. The molecule has 0 amide bonds. The van der Waals surface area contributed by atoms with Gasteiger partial charge in [-0.1, -0.05) is 26.0 Å². The van der Waals surface area contributed by atoms with Crippen LogP contribution in [0.3, 0.4) is 0 Å². The van der Waals surface area contributed by atoms with E-state index in [9.17, 15) is 9.59 Å². The van der Waals surface area contributed by atoms with Crippen LogP contribution in [0, 0.1) is 0 Å². The highest BCUT2D eigenvalue weighted by molar-refractivity contribution is 6.19. The van der Waals surface area contributed by atoms with Crippen LogP contribution >= 0.6 is 0 Å². The lowest BCUT2D eigenvalue weighted by molar-refractivity contribution is -0.128. The fourth-order valence-electron chi connectivity index (χ4n) is 3.60. The van der Waals surface area contributed by atoms with Gasteiger partial charge in [0, 0.05) is 35.3 Å². The third kappa shape index (κ3) is 3.10. The molecule has 2 aliphatic heterocycles. The van der Waals surface area contributed by atoms with E-state index < -0.39 is 5.97 Å². The lowest BCUT2D eigenvalue weighted by Gasteiger charge is -2.23. The predicted molar refractivity (Wildman–Crippen MR) is 103 cm³/mol. The minimum atomic E-state index is -0.405. The van der Waals surface area contributed by atoms with Gasteiger partial charge in [0.15, 0.2) is 0 Å². The molecule has 0 radical (unpaired) electrons. The van der Waals surface area contributed by atoms with E-state index in [0.29, 0.717) is 27.5 Å². The average Bonchev–Trinajstić information content (AvgIpc) is 3.16. The summed E-state index contributed by atoms with van der Waals surface area (Å²) >= 11 is 0. The zero-order valence-electron chi connectivity index (χ0n) is 15.5. The lowest BCUT2D eigenvalue weighted by atomic mass is 10.0. The molecule has 2 heterocycles. The van der Waals surface area contributed by atoms with Gasteiger partial charge in [0.1, 0.15) is 11.5 Å². The number of esters is 2. The van der Waals surface area contributed by atoms with Crippen LogP contribution in [0.2, 0.25) is 0 Å². The maximum absolute atomic E-state index is 12.5. The summed E-state index contributed by atoms with van der Waals surface area (Å²) in [6, 6.07) is 11.4. The molecule has 2 aliphatic rings. The van der Waals surface area contributed by atoms with Gasteiger partial charge in [0.05, 0.1) is 5.57 Å². The second kappa shape index (κ2) is 6.91. The van der Waals surface area contributed by atoms with Gasteiger partial charge < -0.3 is 14.4 Å². The van der Waals surface area contributed by atoms with Crippen LogP contribution < -0.4 is 24.8 Å². The molecule has 0 aliphatic carbocycles. The summed E-state index contributed by atoms with van der Waals surface area (Å²) in [6.45, 7) is 6.34. The van der Waals surface area contributed by atoms with Crippen LogP contribution in [-0.4, -0.2) is 25.0 Å². The molecular formula is C22H21NO4. The van der Waals surface area contributed by atoms with Crippen molar-refractivity contribution in [1.29, 1.82) is 0 Å². The molecule has 0 bridgehead atoms. The van der Waals surface area contributed by atoms with Gasteiger partial charge in [0.2, 0.25) is 0 Å². The fourth-order valence-corrected chi connectivity index (χ4v) is 3.60. The van der Waals surface area contributed by atoms with Crippen LogP contribution in [0.15, 0.2) is 36.4 Å². The van der Waals surface area contributed by atoms with Crippen molar-refractivity contribution in [3.63, 3.8) is 0 Å². The van der Waals surface area contributed by atoms with E-state index in [0.717, 1.165) is 37.2 Å². The second-order valence-electron chi connectivity index (χ2n) is 6.75. The number of carbonyl (C=O) groups is 2. The highest BCUT2D eigenvalue weighted by Gasteiger charge is 2.27. The summed E-state index contributed by atoms with van der Waals surface area (Å²) in [4.78, 5) is 26.3. The summed E-state index contributed by atoms with van der Waals surface area (Å²) < 4.78 is 10.6. The molecule has 5 heteroatoms. The van der Waals surface area contributed by atoms with Crippen LogP contribution in [0.4, 0.5) is 5.69 Å². The molecule has 0 fully saturated rings. The van der Waals surface area contributed by atoms with Gasteiger partial charge >= 0.3 is 11.9 Å². The summed E-state index contributed by atoms with van der Waals surface area (Å²) in [5.41, 5.74) is 2.44. The Morgan fingerprint density at radius 2 is 1.59 bits per heavy atom. The topological polar surface area (TPSA) is 55.8 Å². The molecule has 27 heavy (non-hydrogen) atoms. The number of hydrogen-bond donors (Lipinski definition) is 0. The first-order chi connectivity index (χ1) is 13.1. The van der Waals surface area contributed by atoms with Gasteiger partial charge in [-0.3, -0.25) is 0 Å². The summed E-state index contributed by atoms with van der Waals surface area (Å²) in [5.74, 6) is 0.138. The summed E-state index contributed by atoms with van der Waals surface area (Å²) in [5, 5.41) is 1.30. The number of fused-ring (bicyclic) bond motifs is 2. The van der Waals surface area contributed by atoms with Crippen LogP contribution in [-0.2, 0) is 9.59 Å². The molecule has 2 aromatic rings. The smallest absolute Gasteiger partial charge is 0.344 e. The van der Waals surface area contributed by atoms with E-state index in [2.05, 4.69) is 18.7 Å². The highest BCUT2D eigenvalue weighted by Crippen LogP contribution is 2.25. The monoisotopic (exact) mass is 363 g/mol. The minimum absolute atomic E-state index is 0.383. The van der Waals surface area contributed by atoms with Gasteiger partial charge in [-0.05, 0) is 42.7 Å². The van der Waals surface area contributed by atoms with E-state index in [1.54, 1.807) is 12.1 Å².